The number of ether oxygens (including phenoxy) is 1. The van der Waals surface area contributed by atoms with E-state index >= 15 is 0 Å². The van der Waals surface area contributed by atoms with Gasteiger partial charge in [0.2, 0.25) is 5.91 Å². The summed E-state index contributed by atoms with van der Waals surface area (Å²) in [6.45, 7) is 0.340. The first kappa shape index (κ1) is 15.7. The predicted octanol–water partition coefficient (Wildman–Crippen LogP) is 0.882. The van der Waals surface area contributed by atoms with Crippen LogP contribution in [0.25, 0.3) is 0 Å². The number of rotatable bonds is 7. The Morgan fingerprint density at radius 2 is 1.86 bits per heavy atom. The average molecular weight is 299 g/mol. The number of primary amides is 1. The first-order chi connectivity index (χ1) is 10.7. The van der Waals surface area contributed by atoms with Gasteiger partial charge in [-0.25, -0.2) is 0 Å². The molecule has 0 saturated carbocycles. The molecule has 6 nitrogen and oxygen atoms in total. The summed E-state index contributed by atoms with van der Waals surface area (Å²) < 4.78 is 5.44. The van der Waals surface area contributed by atoms with E-state index in [2.05, 4.69) is 10.3 Å². The summed E-state index contributed by atoms with van der Waals surface area (Å²) in [6, 6.07) is 13.6. The Labute approximate surface area is 128 Å². The van der Waals surface area contributed by atoms with Gasteiger partial charge in [-0.3, -0.25) is 14.6 Å². The second kappa shape index (κ2) is 7.90. The number of hydrogen-bond donors (Lipinski definition) is 2. The summed E-state index contributed by atoms with van der Waals surface area (Å²) >= 11 is 0. The summed E-state index contributed by atoms with van der Waals surface area (Å²) in [7, 11) is 0. The molecule has 0 aliphatic carbocycles. The van der Waals surface area contributed by atoms with Crippen LogP contribution >= 0.6 is 0 Å². The van der Waals surface area contributed by atoms with Gasteiger partial charge in [0.15, 0.2) is 0 Å². The third kappa shape index (κ3) is 4.68. The van der Waals surface area contributed by atoms with E-state index in [9.17, 15) is 9.59 Å². The van der Waals surface area contributed by atoms with Crippen LogP contribution in [0.3, 0.4) is 0 Å². The van der Waals surface area contributed by atoms with Crippen LogP contribution in [0.1, 0.15) is 16.1 Å². The number of pyridine rings is 1. The van der Waals surface area contributed by atoms with E-state index in [0.29, 0.717) is 6.61 Å². The van der Waals surface area contributed by atoms with Crippen LogP contribution in [0, 0.1) is 0 Å². The molecule has 1 heterocycles. The van der Waals surface area contributed by atoms with E-state index in [1.165, 1.54) is 6.20 Å². The molecule has 0 bridgehead atoms. The highest BCUT2D eigenvalue weighted by molar-refractivity contribution is 5.95. The topological polar surface area (TPSA) is 94.3 Å². The van der Waals surface area contributed by atoms with Crippen molar-refractivity contribution in [3.05, 3.63) is 66.0 Å². The number of carbonyl (C=O) groups excluding carboxylic acids is 2. The van der Waals surface area contributed by atoms with Crippen molar-refractivity contribution in [2.45, 2.75) is 12.6 Å². The highest BCUT2D eigenvalue weighted by Crippen LogP contribution is 2.01. The van der Waals surface area contributed by atoms with Crippen LogP contribution in [0.5, 0.6) is 0 Å². The number of benzene rings is 1. The number of aromatic nitrogens is 1. The molecule has 0 fully saturated rings. The summed E-state index contributed by atoms with van der Waals surface area (Å²) in [5.41, 5.74) is 6.48. The fourth-order valence-corrected chi connectivity index (χ4v) is 1.79. The quantitative estimate of drug-likeness (QED) is 0.793. The maximum absolute atomic E-state index is 12.0. The molecular formula is C16H17N3O3. The molecule has 1 unspecified atom stereocenters. The highest BCUT2D eigenvalue weighted by atomic mass is 16.5. The summed E-state index contributed by atoms with van der Waals surface area (Å²) in [5.74, 6) is -1.12. The van der Waals surface area contributed by atoms with Gasteiger partial charge in [0.1, 0.15) is 11.7 Å². The van der Waals surface area contributed by atoms with Gasteiger partial charge >= 0.3 is 0 Å². The maximum Gasteiger partial charge on any atom is 0.270 e. The summed E-state index contributed by atoms with van der Waals surface area (Å²) in [5, 5.41) is 2.52. The smallest absolute Gasteiger partial charge is 0.270 e. The normalized spacial score (nSPS) is 11.6. The zero-order valence-electron chi connectivity index (χ0n) is 11.9. The van der Waals surface area contributed by atoms with Gasteiger partial charge in [-0.1, -0.05) is 36.4 Å². The standard InChI is InChI=1S/C16H17N3O3/c17-15(20)14(11-22-10-12-6-2-1-3-7-12)19-16(21)13-8-4-5-9-18-13/h1-9,14H,10-11H2,(H2,17,20)(H,19,21). The molecule has 2 amide bonds. The van der Waals surface area contributed by atoms with Crippen LogP contribution in [-0.4, -0.2) is 29.4 Å². The number of nitrogens with zero attached hydrogens (tertiary/aromatic N) is 1. The molecule has 0 radical (unpaired) electrons. The predicted molar refractivity (Wildman–Crippen MR) is 80.8 cm³/mol. The lowest BCUT2D eigenvalue weighted by molar-refractivity contribution is -0.121. The van der Waals surface area contributed by atoms with Gasteiger partial charge in [-0.05, 0) is 17.7 Å². The minimum atomic E-state index is -0.904. The number of nitrogens with one attached hydrogen (secondary N) is 1. The number of nitrogens with two attached hydrogens (primary N) is 1. The molecule has 1 atom stereocenters. The van der Waals surface area contributed by atoms with E-state index in [-0.39, 0.29) is 12.3 Å². The minimum Gasteiger partial charge on any atom is -0.374 e. The molecule has 0 aliphatic rings. The van der Waals surface area contributed by atoms with E-state index in [1.54, 1.807) is 18.2 Å². The van der Waals surface area contributed by atoms with Crippen molar-refractivity contribution in [2.75, 3.05) is 6.61 Å². The minimum absolute atomic E-state index is 0.00278. The van der Waals surface area contributed by atoms with Crippen molar-refractivity contribution < 1.29 is 14.3 Å². The Bertz CT molecular complexity index is 617. The Balaban J connectivity index is 1.87. The van der Waals surface area contributed by atoms with Gasteiger partial charge in [0, 0.05) is 6.20 Å². The Kier molecular flexibility index (Phi) is 5.62. The van der Waals surface area contributed by atoms with Crippen molar-refractivity contribution in [1.29, 1.82) is 0 Å². The third-order valence-corrected chi connectivity index (χ3v) is 2.94. The largest absolute Gasteiger partial charge is 0.374 e. The van der Waals surface area contributed by atoms with E-state index in [4.69, 9.17) is 10.5 Å². The second-order valence-corrected chi connectivity index (χ2v) is 4.64. The van der Waals surface area contributed by atoms with Crippen molar-refractivity contribution in [3.63, 3.8) is 0 Å². The Hall–Kier alpha value is -2.73. The van der Waals surface area contributed by atoms with Gasteiger partial charge < -0.3 is 15.8 Å². The molecular weight excluding hydrogens is 282 g/mol. The SMILES string of the molecule is NC(=O)C(COCc1ccccc1)NC(=O)c1ccccn1. The van der Waals surface area contributed by atoms with Crippen LogP contribution in [0.15, 0.2) is 54.7 Å². The Morgan fingerprint density at radius 3 is 2.50 bits per heavy atom. The van der Waals surface area contributed by atoms with Gasteiger partial charge in [0.25, 0.3) is 5.91 Å². The van der Waals surface area contributed by atoms with E-state index < -0.39 is 17.9 Å². The molecule has 114 valence electrons. The summed E-state index contributed by atoms with van der Waals surface area (Å²) in [6.07, 6.45) is 1.50. The van der Waals surface area contributed by atoms with Crippen molar-refractivity contribution in [1.82, 2.24) is 10.3 Å². The molecule has 6 heteroatoms. The molecule has 1 aromatic heterocycles. The van der Waals surface area contributed by atoms with E-state index in [0.717, 1.165) is 5.56 Å². The van der Waals surface area contributed by atoms with E-state index in [1.807, 2.05) is 30.3 Å². The summed E-state index contributed by atoms with van der Waals surface area (Å²) in [4.78, 5) is 27.3. The zero-order chi connectivity index (χ0) is 15.8. The lowest BCUT2D eigenvalue weighted by atomic mass is 10.2. The first-order valence-corrected chi connectivity index (χ1v) is 6.79. The fourth-order valence-electron chi connectivity index (χ4n) is 1.79. The molecule has 0 spiro atoms. The maximum atomic E-state index is 12.0. The number of carbonyl (C=O) groups is 2. The molecule has 2 aromatic rings. The monoisotopic (exact) mass is 299 g/mol. The number of hydrogen-bond acceptors (Lipinski definition) is 4. The molecule has 0 aliphatic heterocycles. The molecule has 0 saturated heterocycles. The number of amides is 2. The third-order valence-electron chi connectivity index (χ3n) is 2.94. The zero-order valence-corrected chi connectivity index (χ0v) is 11.9. The van der Waals surface area contributed by atoms with Crippen molar-refractivity contribution >= 4 is 11.8 Å². The first-order valence-electron chi connectivity index (χ1n) is 6.79. The van der Waals surface area contributed by atoms with Crippen molar-refractivity contribution in [3.8, 4) is 0 Å². The average Bonchev–Trinajstić information content (AvgIpc) is 2.55. The Morgan fingerprint density at radius 1 is 1.14 bits per heavy atom. The lowest BCUT2D eigenvalue weighted by Crippen LogP contribution is -2.47. The van der Waals surface area contributed by atoms with Gasteiger partial charge in [-0.15, -0.1) is 0 Å². The van der Waals surface area contributed by atoms with Crippen LogP contribution in [0.4, 0.5) is 0 Å². The molecule has 3 N–H and O–H groups in total. The fraction of sp³-hybridized carbons (Fsp3) is 0.188. The second-order valence-electron chi connectivity index (χ2n) is 4.64. The van der Waals surface area contributed by atoms with Gasteiger partial charge in [0.05, 0.1) is 13.2 Å². The molecule has 22 heavy (non-hydrogen) atoms. The lowest BCUT2D eigenvalue weighted by Gasteiger charge is -2.15. The van der Waals surface area contributed by atoms with Crippen LogP contribution in [-0.2, 0) is 16.1 Å². The molecule has 2 rings (SSSR count). The highest BCUT2D eigenvalue weighted by Gasteiger charge is 2.19. The van der Waals surface area contributed by atoms with Crippen LogP contribution < -0.4 is 11.1 Å². The van der Waals surface area contributed by atoms with Crippen molar-refractivity contribution in [2.24, 2.45) is 5.73 Å². The van der Waals surface area contributed by atoms with Gasteiger partial charge in [-0.2, -0.15) is 0 Å². The van der Waals surface area contributed by atoms with Crippen LogP contribution in [0.2, 0.25) is 0 Å². The molecule has 1 aromatic carbocycles.